The molecule has 0 unspecified atom stereocenters. The maximum Gasteiger partial charge on any atom is 0.309 e. The highest BCUT2D eigenvalue weighted by Crippen LogP contribution is 2.29. The first-order valence-corrected chi connectivity index (χ1v) is 11.4. The minimum atomic E-state index is -0.680. The van der Waals surface area contributed by atoms with Crippen molar-refractivity contribution in [2.24, 2.45) is 5.92 Å². The van der Waals surface area contributed by atoms with Crippen molar-refractivity contribution in [1.29, 1.82) is 0 Å². The third-order valence-electron chi connectivity index (χ3n) is 5.68. The Morgan fingerprint density at radius 1 is 1.00 bits per heavy atom. The quantitative estimate of drug-likeness (QED) is 0.476. The molecule has 1 saturated heterocycles. The standard InChI is InChI=1S/C26H27NO2S/c1-2-21-14-20(10-13-25(21)22-6-4-3-5-7-22)18-30-24-11-8-19(9-12-24)15-27-16-23(17-27)26(28)29/h3-14,23H,2,15-18H2,1H3,(H,28,29). The van der Waals surface area contributed by atoms with Crippen LogP contribution in [0.1, 0.15) is 23.6 Å². The number of hydrogen-bond acceptors (Lipinski definition) is 3. The summed E-state index contributed by atoms with van der Waals surface area (Å²) >= 11 is 1.85. The first kappa shape index (κ1) is 20.7. The minimum Gasteiger partial charge on any atom is -0.481 e. The summed E-state index contributed by atoms with van der Waals surface area (Å²) in [6.45, 7) is 4.36. The SMILES string of the molecule is CCc1cc(CSc2ccc(CN3CC(C(=O)O)C3)cc2)ccc1-c1ccccc1. The normalized spacial score (nSPS) is 14.4. The molecule has 3 aromatic carbocycles. The van der Waals surface area contributed by atoms with Gasteiger partial charge in [0.2, 0.25) is 0 Å². The fraction of sp³-hybridized carbons (Fsp3) is 0.269. The van der Waals surface area contributed by atoms with Gasteiger partial charge in [0.05, 0.1) is 5.92 Å². The van der Waals surface area contributed by atoms with E-state index in [1.165, 1.54) is 32.7 Å². The van der Waals surface area contributed by atoms with Gasteiger partial charge in [-0.25, -0.2) is 0 Å². The van der Waals surface area contributed by atoms with Gasteiger partial charge in [-0.2, -0.15) is 0 Å². The molecule has 0 amide bonds. The summed E-state index contributed by atoms with van der Waals surface area (Å²) in [5, 5.41) is 8.98. The molecule has 1 fully saturated rings. The summed E-state index contributed by atoms with van der Waals surface area (Å²) in [6, 6.07) is 26.1. The van der Waals surface area contributed by atoms with Crippen LogP contribution in [-0.2, 0) is 23.5 Å². The second-order valence-electron chi connectivity index (χ2n) is 7.87. The molecule has 0 saturated carbocycles. The maximum absolute atomic E-state index is 10.9. The van der Waals surface area contributed by atoms with Crippen LogP contribution in [0.2, 0.25) is 0 Å². The zero-order valence-electron chi connectivity index (χ0n) is 17.3. The number of hydrogen-bond donors (Lipinski definition) is 1. The number of nitrogens with zero attached hydrogens (tertiary/aromatic N) is 1. The fourth-order valence-corrected chi connectivity index (χ4v) is 4.74. The van der Waals surface area contributed by atoms with E-state index in [1.807, 2.05) is 11.8 Å². The Kier molecular flexibility index (Phi) is 6.56. The Hall–Kier alpha value is -2.56. The molecule has 1 heterocycles. The van der Waals surface area contributed by atoms with E-state index in [1.54, 1.807) is 0 Å². The van der Waals surface area contributed by atoms with Crippen molar-refractivity contribution in [3.8, 4) is 11.1 Å². The smallest absolute Gasteiger partial charge is 0.309 e. The average Bonchev–Trinajstić information content (AvgIpc) is 2.75. The van der Waals surface area contributed by atoms with Gasteiger partial charge in [0, 0.05) is 30.3 Å². The number of aliphatic carboxylic acids is 1. The van der Waals surface area contributed by atoms with Gasteiger partial charge in [-0.3, -0.25) is 9.69 Å². The molecule has 1 N–H and O–H groups in total. The van der Waals surface area contributed by atoms with Crippen LogP contribution in [0, 0.1) is 5.92 Å². The number of benzene rings is 3. The molecule has 30 heavy (non-hydrogen) atoms. The van der Waals surface area contributed by atoms with Gasteiger partial charge in [0.25, 0.3) is 0 Å². The number of thioether (sulfide) groups is 1. The first-order valence-electron chi connectivity index (χ1n) is 10.5. The summed E-state index contributed by atoms with van der Waals surface area (Å²) in [5.74, 6) is 0.0792. The van der Waals surface area contributed by atoms with Crippen molar-refractivity contribution in [1.82, 2.24) is 4.90 Å². The van der Waals surface area contributed by atoms with E-state index in [0.717, 1.165) is 18.7 Å². The van der Waals surface area contributed by atoms with E-state index in [0.29, 0.717) is 13.1 Å². The van der Waals surface area contributed by atoms with Crippen LogP contribution in [0.25, 0.3) is 11.1 Å². The number of carboxylic acid groups (broad SMARTS) is 1. The molecule has 0 atom stereocenters. The summed E-state index contributed by atoms with van der Waals surface area (Å²) in [7, 11) is 0. The minimum absolute atomic E-state index is 0.193. The molecule has 1 aliphatic heterocycles. The van der Waals surface area contributed by atoms with Gasteiger partial charge in [-0.15, -0.1) is 11.8 Å². The highest BCUT2D eigenvalue weighted by atomic mass is 32.2. The van der Waals surface area contributed by atoms with Gasteiger partial charge in [0.15, 0.2) is 0 Å². The van der Waals surface area contributed by atoms with Crippen molar-refractivity contribution in [3.63, 3.8) is 0 Å². The molecule has 0 bridgehead atoms. The van der Waals surface area contributed by atoms with Crippen molar-refractivity contribution >= 4 is 17.7 Å². The van der Waals surface area contributed by atoms with E-state index in [-0.39, 0.29) is 5.92 Å². The van der Waals surface area contributed by atoms with Gasteiger partial charge in [-0.1, -0.05) is 67.6 Å². The number of likely N-dealkylation sites (tertiary alicyclic amines) is 1. The number of aryl methyl sites for hydroxylation is 1. The summed E-state index contributed by atoms with van der Waals surface area (Å²) in [5.41, 5.74) is 6.58. The lowest BCUT2D eigenvalue weighted by atomic mass is 9.96. The second kappa shape index (κ2) is 9.50. The van der Waals surface area contributed by atoms with Crippen LogP contribution in [0.15, 0.2) is 77.7 Å². The van der Waals surface area contributed by atoms with Gasteiger partial charge >= 0.3 is 5.97 Å². The lowest BCUT2D eigenvalue weighted by molar-refractivity contribution is -0.147. The average molecular weight is 418 g/mol. The molecule has 4 rings (SSSR count). The van der Waals surface area contributed by atoms with Gasteiger partial charge in [0.1, 0.15) is 0 Å². The first-order chi connectivity index (χ1) is 14.6. The van der Waals surface area contributed by atoms with Crippen LogP contribution in [0.3, 0.4) is 0 Å². The molecule has 4 heteroatoms. The number of carbonyl (C=O) groups is 1. The lowest BCUT2D eigenvalue weighted by Gasteiger charge is -2.36. The Balaban J connectivity index is 1.34. The summed E-state index contributed by atoms with van der Waals surface area (Å²) in [6.07, 6.45) is 1.02. The fourth-order valence-electron chi connectivity index (χ4n) is 3.90. The Morgan fingerprint density at radius 2 is 1.70 bits per heavy atom. The number of rotatable bonds is 8. The van der Waals surface area contributed by atoms with E-state index < -0.39 is 5.97 Å². The molecule has 0 aliphatic carbocycles. The number of carboxylic acids is 1. The highest BCUT2D eigenvalue weighted by molar-refractivity contribution is 7.98. The third kappa shape index (κ3) is 4.94. The third-order valence-corrected chi connectivity index (χ3v) is 6.76. The second-order valence-corrected chi connectivity index (χ2v) is 8.92. The molecule has 3 nitrogen and oxygen atoms in total. The molecule has 0 radical (unpaired) electrons. The molecule has 1 aliphatic rings. The van der Waals surface area contributed by atoms with Crippen LogP contribution < -0.4 is 0 Å². The Labute approximate surface area is 182 Å². The highest BCUT2D eigenvalue weighted by Gasteiger charge is 2.32. The van der Waals surface area contributed by atoms with Gasteiger partial charge in [-0.05, 0) is 46.4 Å². The van der Waals surface area contributed by atoms with Crippen LogP contribution >= 0.6 is 11.8 Å². The molecule has 154 valence electrons. The van der Waals surface area contributed by atoms with Crippen molar-refractivity contribution < 1.29 is 9.90 Å². The van der Waals surface area contributed by atoms with E-state index in [9.17, 15) is 4.79 Å². The van der Waals surface area contributed by atoms with Crippen molar-refractivity contribution in [2.45, 2.75) is 30.5 Å². The molecular weight excluding hydrogens is 390 g/mol. The molecule has 3 aromatic rings. The molecular formula is C26H27NO2S. The largest absolute Gasteiger partial charge is 0.481 e. The maximum atomic E-state index is 10.9. The van der Waals surface area contributed by atoms with E-state index in [2.05, 4.69) is 84.6 Å². The Bertz CT molecular complexity index is 995. The van der Waals surface area contributed by atoms with Gasteiger partial charge < -0.3 is 5.11 Å². The zero-order chi connectivity index (χ0) is 20.9. The zero-order valence-corrected chi connectivity index (χ0v) is 18.1. The van der Waals surface area contributed by atoms with Crippen LogP contribution in [-0.4, -0.2) is 29.1 Å². The predicted molar refractivity (Wildman–Crippen MR) is 124 cm³/mol. The Morgan fingerprint density at radius 3 is 2.37 bits per heavy atom. The topological polar surface area (TPSA) is 40.5 Å². The van der Waals surface area contributed by atoms with E-state index >= 15 is 0 Å². The van der Waals surface area contributed by atoms with Crippen LogP contribution in [0.4, 0.5) is 0 Å². The molecule has 0 aromatic heterocycles. The summed E-state index contributed by atoms with van der Waals surface area (Å²) in [4.78, 5) is 14.4. The van der Waals surface area contributed by atoms with E-state index in [4.69, 9.17) is 5.11 Å². The predicted octanol–water partition coefficient (Wildman–Crippen LogP) is 5.72. The monoisotopic (exact) mass is 417 g/mol. The summed E-state index contributed by atoms with van der Waals surface area (Å²) < 4.78 is 0. The lowest BCUT2D eigenvalue weighted by Crippen LogP contribution is -2.49. The van der Waals surface area contributed by atoms with Crippen molar-refractivity contribution in [2.75, 3.05) is 13.1 Å². The van der Waals surface area contributed by atoms with Crippen LogP contribution in [0.5, 0.6) is 0 Å². The van der Waals surface area contributed by atoms with Crippen molar-refractivity contribution in [3.05, 3.63) is 89.5 Å². The molecule has 0 spiro atoms.